The van der Waals surface area contributed by atoms with Gasteiger partial charge in [-0.25, -0.2) is 13.8 Å². The van der Waals surface area contributed by atoms with Gasteiger partial charge in [-0.15, -0.1) is 10.2 Å². The van der Waals surface area contributed by atoms with E-state index in [-0.39, 0.29) is 32.0 Å². The number of para-hydroxylation sites is 1. The van der Waals surface area contributed by atoms with Crippen molar-refractivity contribution in [1.29, 1.82) is 0 Å². The Hall–Kier alpha value is -3.55. The predicted molar refractivity (Wildman–Crippen MR) is 128 cm³/mol. The fourth-order valence-electron chi connectivity index (χ4n) is 4.53. The molecule has 0 aliphatic carbocycles. The third-order valence-electron chi connectivity index (χ3n) is 6.30. The first-order valence-corrected chi connectivity index (χ1v) is 11.1. The summed E-state index contributed by atoms with van der Waals surface area (Å²) in [4.78, 5) is 6.90. The molecule has 2 aromatic carbocycles. The van der Waals surface area contributed by atoms with Crippen molar-refractivity contribution in [3.8, 4) is 0 Å². The van der Waals surface area contributed by atoms with Gasteiger partial charge in [0, 0.05) is 42.6 Å². The molecule has 33 heavy (non-hydrogen) atoms. The van der Waals surface area contributed by atoms with Gasteiger partial charge in [0.15, 0.2) is 5.65 Å². The minimum Gasteiger partial charge on any atom is -0.378 e. The second-order valence-corrected chi connectivity index (χ2v) is 8.69. The average Bonchev–Trinajstić information content (AvgIpc) is 3.29. The number of nitrogens with zero attached hydrogens (tertiary/aromatic N) is 5. The van der Waals surface area contributed by atoms with Crippen molar-refractivity contribution in [3.05, 3.63) is 66.0 Å². The zero-order valence-corrected chi connectivity index (χ0v) is 18.7. The number of piperidine rings is 1. The number of halogens is 2. The smallest absolute Gasteiger partial charge is 0.251 e. The van der Waals surface area contributed by atoms with E-state index in [0.717, 1.165) is 33.3 Å². The Morgan fingerprint density at radius 2 is 1.94 bits per heavy atom. The molecule has 8 heteroatoms. The number of benzene rings is 2. The summed E-state index contributed by atoms with van der Waals surface area (Å²) >= 11 is 0. The molecule has 1 aliphatic heterocycles. The van der Waals surface area contributed by atoms with E-state index in [1.165, 1.54) is 0 Å². The molecule has 1 saturated heterocycles. The van der Waals surface area contributed by atoms with Crippen LogP contribution in [0.3, 0.4) is 0 Å². The van der Waals surface area contributed by atoms with Gasteiger partial charge in [0.25, 0.3) is 5.92 Å². The van der Waals surface area contributed by atoms with Gasteiger partial charge in [-0.3, -0.25) is 4.40 Å². The van der Waals surface area contributed by atoms with Crippen molar-refractivity contribution in [2.75, 3.05) is 23.3 Å². The molecule has 1 N–H and O–H groups in total. The van der Waals surface area contributed by atoms with Crippen LogP contribution in [0.15, 0.2) is 49.3 Å². The largest absolute Gasteiger partial charge is 0.378 e. The van der Waals surface area contributed by atoms with Crippen LogP contribution in [0.1, 0.15) is 42.5 Å². The van der Waals surface area contributed by atoms with Gasteiger partial charge in [0.05, 0.1) is 11.6 Å². The minimum absolute atomic E-state index is 0.0649. The molecule has 4 aromatic rings. The fourth-order valence-corrected chi connectivity index (χ4v) is 4.53. The van der Waals surface area contributed by atoms with Gasteiger partial charge in [-0.1, -0.05) is 36.9 Å². The summed E-state index contributed by atoms with van der Waals surface area (Å²) in [7, 11) is 0. The van der Waals surface area contributed by atoms with Crippen LogP contribution in [0.25, 0.3) is 22.6 Å². The Morgan fingerprint density at radius 3 is 2.70 bits per heavy atom. The Labute approximate surface area is 191 Å². The number of alkyl halides is 2. The maximum Gasteiger partial charge on any atom is 0.251 e. The van der Waals surface area contributed by atoms with E-state index in [4.69, 9.17) is 4.98 Å². The normalized spacial score (nSPS) is 16.8. The highest BCUT2D eigenvalue weighted by Gasteiger charge is 2.35. The van der Waals surface area contributed by atoms with Gasteiger partial charge in [-0.2, -0.15) is 0 Å². The summed E-state index contributed by atoms with van der Waals surface area (Å²) in [5, 5.41) is 12.9. The van der Waals surface area contributed by atoms with E-state index >= 15 is 0 Å². The van der Waals surface area contributed by atoms with E-state index < -0.39 is 5.92 Å². The number of hydrogen-bond donors (Lipinski definition) is 1. The average molecular weight is 449 g/mol. The minimum atomic E-state index is -2.63. The molecule has 6 nitrogen and oxygen atoms in total. The molecule has 1 unspecified atom stereocenters. The predicted octanol–water partition coefficient (Wildman–Crippen LogP) is 5.64. The van der Waals surface area contributed by atoms with Crippen LogP contribution >= 0.6 is 0 Å². The van der Waals surface area contributed by atoms with Crippen LogP contribution in [0, 0.1) is 6.92 Å². The van der Waals surface area contributed by atoms with Crippen LogP contribution < -0.4 is 10.2 Å². The molecule has 0 saturated carbocycles. The maximum atomic E-state index is 13.8. The summed E-state index contributed by atoms with van der Waals surface area (Å²) in [6.07, 6.45) is 3.06. The second-order valence-electron chi connectivity index (χ2n) is 8.69. The summed E-state index contributed by atoms with van der Waals surface area (Å²) in [5.41, 5.74) is 5.57. The van der Waals surface area contributed by atoms with E-state index in [1.54, 1.807) is 10.7 Å². The Bertz CT molecular complexity index is 1340. The van der Waals surface area contributed by atoms with Crippen molar-refractivity contribution < 1.29 is 8.78 Å². The lowest BCUT2D eigenvalue weighted by atomic mass is 10.0. The van der Waals surface area contributed by atoms with Crippen molar-refractivity contribution >= 4 is 34.3 Å². The highest BCUT2D eigenvalue weighted by atomic mass is 19.3. The molecule has 1 fully saturated rings. The second kappa shape index (κ2) is 8.10. The topological polar surface area (TPSA) is 58.4 Å². The number of rotatable bonds is 5. The quantitative estimate of drug-likeness (QED) is 0.428. The Morgan fingerprint density at radius 1 is 1.18 bits per heavy atom. The Balaban J connectivity index is 1.63. The van der Waals surface area contributed by atoms with Gasteiger partial charge < -0.3 is 10.2 Å². The van der Waals surface area contributed by atoms with Crippen molar-refractivity contribution in [3.63, 3.8) is 0 Å². The SMILES string of the molecule is C=Cc1ccccc1NC(C)c1cc(C)cc2c1nc(N1CCC(F)(F)CC1)n1cnnc21. The number of aromatic nitrogens is 4. The van der Waals surface area contributed by atoms with E-state index in [1.807, 2.05) is 48.2 Å². The molecule has 170 valence electrons. The number of anilines is 2. The molecule has 0 bridgehead atoms. The van der Waals surface area contributed by atoms with Gasteiger partial charge in [0.2, 0.25) is 5.95 Å². The first-order valence-electron chi connectivity index (χ1n) is 11.1. The molecule has 3 heterocycles. The first-order chi connectivity index (χ1) is 15.9. The summed E-state index contributed by atoms with van der Waals surface area (Å²) in [5.74, 6) is -2.03. The lowest BCUT2D eigenvalue weighted by molar-refractivity contribution is -0.0222. The van der Waals surface area contributed by atoms with Gasteiger partial charge in [0.1, 0.15) is 6.33 Å². The van der Waals surface area contributed by atoms with Crippen LogP contribution in [-0.2, 0) is 0 Å². The van der Waals surface area contributed by atoms with Crippen molar-refractivity contribution in [2.45, 2.75) is 38.7 Å². The number of nitrogens with one attached hydrogen (secondary N) is 1. The molecular formula is C25H26F2N6. The molecule has 0 spiro atoms. The van der Waals surface area contributed by atoms with Crippen LogP contribution in [-0.4, -0.2) is 38.6 Å². The van der Waals surface area contributed by atoms with Crippen LogP contribution in [0.2, 0.25) is 0 Å². The van der Waals surface area contributed by atoms with Crippen molar-refractivity contribution in [1.82, 2.24) is 19.6 Å². The number of fused-ring (bicyclic) bond motifs is 3. The summed E-state index contributed by atoms with van der Waals surface area (Å²) < 4.78 is 29.4. The lowest BCUT2D eigenvalue weighted by Crippen LogP contribution is -2.40. The third kappa shape index (κ3) is 3.90. The molecule has 0 amide bonds. The summed E-state index contributed by atoms with van der Waals surface area (Å²) in [6.45, 7) is 8.51. The van der Waals surface area contributed by atoms with E-state index in [0.29, 0.717) is 11.6 Å². The van der Waals surface area contributed by atoms with Gasteiger partial charge >= 0.3 is 0 Å². The molecular weight excluding hydrogens is 422 g/mol. The molecule has 0 radical (unpaired) electrons. The first kappa shape index (κ1) is 21.3. The van der Waals surface area contributed by atoms with Crippen LogP contribution in [0.4, 0.5) is 20.4 Å². The number of aryl methyl sites for hydroxylation is 1. The van der Waals surface area contributed by atoms with Crippen molar-refractivity contribution in [2.24, 2.45) is 0 Å². The van der Waals surface area contributed by atoms with Crippen LogP contribution in [0.5, 0.6) is 0 Å². The highest BCUT2D eigenvalue weighted by Crippen LogP contribution is 2.34. The third-order valence-corrected chi connectivity index (χ3v) is 6.30. The zero-order valence-electron chi connectivity index (χ0n) is 18.7. The molecule has 1 aliphatic rings. The summed E-state index contributed by atoms with van der Waals surface area (Å²) in [6, 6.07) is 12.1. The van der Waals surface area contributed by atoms with E-state index in [9.17, 15) is 8.78 Å². The zero-order chi connectivity index (χ0) is 23.2. The molecule has 5 rings (SSSR count). The lowest BCUT2D eigenvalue weighted by Gasteiger charge is -2.32. The highest BCUT2D eigenvalue weighted by molar-refractivity contribution is 5.95. The molecule has 1 atom stereocenters. The van der Waals surface area contributed by atoms with E-state index in [2.05, 4.69) is 35.1 Å². The standard InChI is InChI=1S/C25H26F2N6/c1-4-18-7-5-6-8-21(18)29-17(3)19-13-16(2)14-20-22(19)30-24(33-15-28-31-23(20)33)32-11-9-25(26,27)10-12-32/h4-8,13-15,17,29H,1,9-12H2,2-3H3. The fraction of sp³-hybridized carbons (Fsp3) is 0.320. The van der Waals surface area contributed by atoms with Gasteiger partial charge in [-0.05, 0) is 37.1 Å². The molecule has 2 aromatic heterocycles. The maximum absolute atomic E-state index is 13.8. The monoisotopic (exact) mass is 448 g/mol. The number of hydrogen-bond acceptors (Lipinski definition) is 5. The Kier molecular flexibility index (Phi) is 5.23.